The standard InChI is InChI=1S/C9H14S6/c1-6(10-1)3-12-8-9(15-5-14-8)13-4-7-2-11-7/h6-9H,1-5H2. The van der Waals surface area contributed by atoms with Gasteiger partial charge in [-0.05, 0) is 0 Å². The lowest BCUT2D eigenvalue weighted by Gasteiger charge is -2.16. The van der Waals surface area contributed by atoms with Crippen LogP contribution in [0.1, 0.15) is 0 Å². The summed E-state index contributed by atoms with van der Waals surface area (Å²) in [5.41, 5.74) is 0. The average Bonchev–Trinajstić information content (AvgIpc) is 3.14. The summed E-state index contributed by atoms with van der Waals surface area (Å²) in [7, 11) is 0. The maximum atomic E-state index is 2.23. The molecule has 3 rings (SSSR count). The molecule has 15 heavy (non-hydrogen) atoms. The van der Waals surface area contributed by atoms with E-state index in [1.54, 1.807) is 0 Å². The molecular formula is C9H14S6. The van der Waals surface area contributed by atoms with E-state index in [0.29, 0.717) is 0 Å². The minimum Gasteiger partial charge on any atom is -0.156 e. The van der Waals surface area contributed by atoms with Gasteiger partial charge in [-0.3, -0.25) is 0 Å². The zero-order valence-corrected chi connectivity index (χ0v) is 13.2. The molecule has 0 N–H and O–H groups in total. The fourth-order valence-electron chi connectivity index (χ4n) is 1.32. The van der Waals surface area contributed by atoms with E-state index in [1.807, 2.05) is 0 Å². The Balaban J connectivity index is 1.38. The van der Waals surface area contributed by atoms with Crippen molar-refractivity contribution in [1.82, 2.24) is 0 Å². The Morgan fingerprint density at radius 2 is 1.27 bits per heavy atom. The van der Waals surface area contributed by atoms with Crippen molar-refractivity contribution in [3.05, 3.63) is 0 Å². The Kier molecular flexibility index (Phi) is 4.72. The maximum absolute atomic E-state index is 2.23. The maximum Gasteiger partial charge on any atom is 0.0721 e. The van der Waals surface area contributed by atoms with Crippen molar-refractivity contribution in [2.24, 2.45) is 0 Å². The third-order valence-electron chi connectivity index (χ3n) is 2.38. The van der Waals surface area contributed by atoms with Crippen molar-refractivity contribution in [3.8, 4) is 0 Å². The third-order valence-corrected chi connectivity index (χ3v) is 11.8. The summed E-state index contributed by atoms with van der Waals surface area (Å²) in [5.74, 6) is 5.65. The predicted molar refractivity (Wildman–Crippen MR) is 85.0 cm³/mol. The minimum atomic E-state index is 0.880. The van der Waals surface area contributed by atoms with Crippen molar-refractivity contribution in [2.75, 3.05) is 28.1 Å². The van der Waals surface area contributed by atoms with E-state index in [1.165, 1.54) is 28.1 Å². The normalized spacial score (nSPS) is 43.2. The molecule has 3 fully saturated rings. The number of hydrogen-bond donors (Lipinski definition) is 0. The van der Waals surface area contributed by atoms with Gasteiger partial charge >= 0.3 is 0 Å². The van der Waals surface area contributed by atoms with Crippen molar-refractivity contribution >= 4 is 70.6 Å². The van der Waals surface area contributed by atoms with Crippen LogP contribution in [0.4, 0.5) is 0 Å². The van der Waals surface area contributed by atoms with E-state index < -0.39 is 0 Å². The van der Waals surface area contributed by atoms with E-state index in [9.17, 15) is 0 Å². The molecule has 3 aliphatic rings. The second kappa shape index (κ2) is 5.83. The molecule has 86 valence electrons. The summed E-state index contributed by atoms with van der Waals surface area (Å²) in [6.07, 6.45) is 0. The first-order valence-electron chi connectivity index (χ1n) is 5.11. The van der Waals surface area contributed by atoms with Crippen LogP contribution >= 0.6 is 70.6 Å². The zero-order valence-electron chi connectivity index (χ0n) is 8.29. The van der Waals surface area contributed by atoms with Gasteiger partial charge in [0.15, 0.2) is 0 Å². The summed E-state index contributed by atoms with van der Waals surface area (Å²) in [6, 6.07) is 0. The van der Waals surface area contributed by atoms with Crippen LogP contribution in [-0.4, -0.2) is 47.8 Å². The monoisotopic (exact) mass is 314 g/mol. The molecule has 6 heteroatoms. The van der Waals surface area contributed by atoms with Crippen molar-refractivity contribution in [1.29, 1.82) is 0 Å². The largest absolute Gasteiger partial charge is 0.156 e. The zero-order chi connectivity index (χ0) is 10.1. The van der Waals surface area contributed by atoms with E-state index in [4.69, 9.17) is 0 Å². The average molecular weight is 315 g/mol. The summed E-state index contributed by atoms with van der Waals surface area (Å²) < 4.78 is 1.76. The van der Waals surface area contributed by atoms with Crippen molar-refractivity contribution < 1.29 is 0 Å². The second-order valence-electron chi connectivity index (χ2n) is 3.77. The van der Waals surface area contributed by atoms with Crippen LogP contribution in [0.3, 0.4) is 0 Å². The molecular weight excluding hydrogens is 301 g/mol. The van der Waals surface area contributed by atoms with E-state index in [-0.39, 0.29) is 0 Å². The molecule has 0 radical (unpaired) electrons. The van der Waals surface area contributed by atoms with Gasteiger partial charge < -0.3 is 0 Å². The molecule has 4 atom stereocenters. The first-order valence-corrected chi connectivity index (χ1v) is 11.4. The Labute approximate surface area is 117 Å². The van der Waals surface area contributed by atoms with Crippen LogP contribution in [0.15, 0.2) is 0 Å². The highest BCUT2D eigenvalue weighted by Gasteiger charge is 2.33. The molecule has 0 bridgehead atoms. The molecule has 3 saturated heterocycles. The van der Waals surface area contributed by atoms with Crippen LogP contribution in [0.25, 0.3) is 0 Å². The lowest BCUT2D eigenvalue weighted by Crippen LogP contribution is -2.10. The molecule has 4 unspecified atom stereocenters. The highest BCUT2D eigenvalue weighted by Crippen LogP contribution is 2.50. The summed E-state index contributed by atoms with van der Waals surface area (Å²) >= 11 is 13.1. The van der Waals surface area contributed by atoms with Crippen LogP contribution < -0.4 is 0 Å². The first-order chi connectivity index (χ1) is 7.42. The van der Waals surface area contributed by atoms with E-state index >= 15 is 0 Å². The Morgan fingerprint density at radius 3 is 1.67 bits per heavy atom. The van der Waals surface area contributed by atoms with Crippen molar-refractivity contribution in [2.45, 2.75) is 19.7 Å². The summed E-state index contributed by atoms with van der Waals surface area (Å²) in [5, 5.41) is 3.34. The minimum absolute atomic E-state index is 0.880. The van der Waals surface area contributed by atoms with Gasteiger partial charge in [-0.2, -0.15) is 23.5 Å². The first kappa shape index (κ1) is 12.2. The second-order valence-corrected chi connectivity index (χ2v) is 12.0. The van der Waals surface area contributed by atoms with Gasteiger partial charge in [0.2, 0.25) is 0 Å². The van der Waals surface area contributed by atoms with Gasteiger partial charge in [0.05, 0.1) is 9.16 Å². The Bertz CT molecular complexity index is 193. The smallest absolute Gasteiger partial charge is 0.0721 e. The fourth-order valence-corrected chi connectivity index (χ4v) is 10.6. The molecule has 0 aromatic carbocycles. The van der Waals surface area contributed by atoms with Crippen LogP contribution in [0.2, 0.25) is 0 Å². The topological polar surface area (TPSA) is 0 Å². The SMILES string of the molecule is C1SC(SCC2CS2)C(SCC2CS2)S1. The van der Waals surface area contributed by atoms with Gasteiger partial charge in [-0.1, -0.05) is 0 Å². The highest BCUT2D eigenvalue weighted by atomic mass is 32.3. The lowest BCUT2D eigenvalue weighted by atomic mass is 10.6. The van der Waals surface area contributed by atoms with Crippen LogP contribution in [-0.2, 0) is 0 Å². The molecule has 0 aromatic rings. The molecule has 0 aromatic heterocycles. The third kappa shape index (κ3) is 4.05. The molecule has 0 amide bonds. The van der Waals surface area contributed by atoms with E-state index in [0.717, 1.165) is 19.7 Å². The molecule has 3 aliphatic heterocycles. The molecule has 0 saturated carbocycles. The van der Waals surface area contributed by atoms with Gasteiger partial charge in [-0.15, -0.1) is 47.0 Å². The quantitative estimate of drug-likeness (QED) is 0.680. The van der Waals surface area contributed by atoms with Crippen LogP contribution in [0, 0.1) is 0 Å². The van der Waals surface area contributed by atoms with Gasteiger partial charge in [-0.25, -0.2) is 0 Å². The molecule has 0 aliphatic carbocycles. The van der Waals surface area contributed by atoms with Gasteiger partial charge in [0, 0.05) is 38.6 Å². The summed E-state index contributed by atoms with van der Waals surface area (Å²) in [6.45, 7) is 0. The summed E-state index contributed by atoms with van der Waals surface area (Å²) in [4.78, 5) is 0. The van der Waals surface area contributed by atoms with Crippen LogP contribution in [0.5, 0.6) is 0 Å². The lowest BCUT2D eigenvalue weighted by molar-refractivity contribution is 1.24. The predicted octanol–water partition coefficient (Wildman–Crippen LogP) is 3.77. The Morgan fingerprint density at radius 1 is 0.800 bits per heavy atom. The van der Waals surface area contributed by atoms with Gasteiger partial charge in [0.1, 0.15) is 0 Å². The molecule has 0 spiro atoms. The highest BCUT2D eigenvalue weighted by molar-refractivity contribution is 8.32. The molecule has 0 nitrogen and oxygen atoms in total. The number of rotatable bonds is 6. The fraction of sp³-hybridized carbons (Fsp3) is 1.00. The number of thioether (sulfide) groups is 6. The van der Waals surface area contributed by atoms with Crippen molar-refractivity contribution in [3.63, 3.8) is 0 Å². The molecule has 3 heterocycles. The van der Waals surface area contributed by atoms with E-state index in [2.05, 4.69) is 70.6 Å². The number of hydrogen-bond acceptors (Lipinski definition) is 6. The Hall–Kier alpha value is 2.10. The van der Waals surface area contributed by atoms with Gasteiger partial charge in [0.25, 0.3) is 0 Å².